The number of carbonyl (C=O) groups excluding carboxylic acids is 2. The van der Waals surface area contributed by atoms with Crippen LogP contribution in [0.15, 0.2) is 36.5 Å². The number of amides is 2. The van der Waals surface area contributed by atoms with Gasteiger partial charge in [0.25, 0.3) is 11.8 Å². The van der Waals surface area contributed by atoms with E-state index in [-0.39, 0.29) is 11.6 Å². The normalized spacial score (nSPS) is 10.4. The van der Waals surface area contributed by atoms with Crippen LogP contribution < -0.4 is 10.6 Å². The first kappa shape index (κ1) is 19.2. The van der Waals surface area contributed by atoms with Crippen LogP contribution in [0.4, 0.5) is 5.69 Å². The first-order chi connectivity index (χ1) is 12.0. The Balaban J connectivity index is 2.05. The molecule has 2 N–H and O–H groups in total. The second-order valence-corrected chi connectivity index (χ2v) is 6.31. The molecule has 0 saturated carbocycles. The predicted molar refractivity (Wildman–Crippen MR) is 101 cm³/mol. The number of rotatable bonds is 7. The third kappa shape index (κ3) is 5.73. The number of halogens is 2. The Labute approximate surface area is 156 Å². The quantitative estimate of drug-likeness (QED) is 0.692. The molecule has 2 rings (SSSR count). The standard InChI is InChI=1S/C18H19Cl2N3O2/c1-2-3-4-8-22-18(25)16-10-12(7-9-21-16)17(24)23-15-11-13(19)5-6-14(15)20/h5-7,9-11H,2-4,8H2,1H3,(H,22,25)(H,23,24). The molecular formula is C18H19Cl2N3O2. The smallest absolute Gasteiger partial charge is 0.269 e. The second-order valence-electron chi connectivity index (χ2n) is 5.47. The summed E-state index contributed by atoms with van der Waals surface area (Å²) in [7, 11) is 0. The van der Waals surface area contributed by atoms with Crippen molar-refractivity contribution in [3.05, 3.63) is 57.8 Å². The monoisotopic (exact) mass is 379 g/mol. The topological polar surface area (TPSA) is 71.1 Å². The molecule has 1 aromatic carbocycles. The number of hydrogen-bond acceptors (Lipinski definition) is 3. The molecule has 0 aliphatic carbocycles. The van der Waals surface area contributed by atoms with Gasteiger partial charge in [0.15, 0.2) is 0 Å². The van der Waals surface area contributed by atoms with Crippen molar-refractivity contribution in [3.8, 4) is 0 Å². The van der Waals surface area contributed by atoms with E-state index < -0.39 is 5.91 Å². The predicted octanol–water partition coefficient (Wildman–Crippen LogP) is 4.56. The minimum atomic E-state index is -0.397. The number of hydrogen-bond donors (Lipinski definition) is 2. The fourth-order valence-electron chi connectivity index (χ4n) is 2.15. The lowest BCUT2D eigenvalue weighted by atomic mass is 10.2. The van der Waals surface area contributed by atoms with Crippen LogP contribution in [0.2, 0.25) is 10.0 Å². The number of nitrogens with zero attached hydrogens (tertiary/aromatic N) is 1. The molecule has 1 heterocycles. The van der Waals surface area contributed by atoms with Crippen molar-refractivity contribution in [2.75, 3.05) is 11.9 Å². The number of pyridine rings is 1. The lowest BCUT2D eigenvalue weighted by Crippen LogP contribution is -2.26. The molecule has 2 amide bonds. The van der Waals surface area contributed by atoms with Crippen molar-refractivity contribution in [2.45, 2.75) is 26.2 Å². The Morgan fingerprint density at radius 2 is 1.88 bits per heavy atom. The summed E-state index contributed by atoms with van der Waals surface area (Å²) >= 11 is 12.0. The zero-order valence-corrected chi connectivity index (χ0v) is 15.3. The Hall–Kier alpha value is -2.11. The van der Waals surface area contributed by atoms with Crippen LogP contribution in [0.5, 0.6) is 0 Å². The Bertz CT molecular complexity index is 766. The average molecular weight is 380 g/mol. The third-order valence-corrected chi connectivity index (χ3v) is 4.06. The van der Waals surface area contributed by atoms with Crippen LogP contribution in [-0.2, 0) is 0 Å². The van der Waals surface area contributed by atoms with Gasteiger partial charge in [-0.25, -0.2) is 0 Å². The molecule has 25 heavy (non-hydrogen) atoms. The average Bonchev–Trinajstić information content (AvgIpc) is 2.61. The van der Waals surface area contributed by atoms with Crippen molar-refractivity contribution in [3.63, 3.8) is 0 Å². The molecule has 0 unspecified atom stereocenters. The van der Waals surface area contributed by atoms with Gasteiger partial charge in [-0.1, -0.05) is 43.0 Å². The number of unbranched alkanes of at least 4 members (excludes halogenated alkanes) is 2. The van der Waals surface area contributed by atoms with Crippen molar-refractivity contribution in [1.82, 2.24) is 10.3 Å². The van der Waals surface area contributed by atoms with Gasteiger partial charge in [-0.2, -0.15) is 0 Å². The van der Waals surface area contributed by atoms with Crippen LogP contribution >= 0.6 is 23.2 Å². The largest absolute Gasteiger partial charge is 0.351 e. The molecule has 0 spiro atoms. The number of benzene rings is 1. The maximum Gasteiger partial charge on any atom is 0.269 e. The third-order valence-electron chi connectivity index (χ3n) is 3.50. The van der Waals surface area contributed by atoms with Crippen LogP contribution in [0, 0.1) is 0 Å². The molecule has 0 atom stereocenters. The highest BCUT2D eigenvalue weighted by Gasteiger charge is 2.13. The molecule has 7 heteroatoms. The van der Waals surface area contributed by atoms with Gasteiger partial charge in [-0.3, -0.25) is 14.6 Å². The molecule has 0 radical (unpaired) electrons. The molecule has 0 fully saturated rings. The summed E-state index contributed by atoms with van der Waals surface area (Å²) in [5, 5.41) is 6.31. The van der Waals surface area contributed by atoms with E-state index in [1.54, 1.807) is 18.2 Å². The van der Waals surface area contributed by atoms with Crippen molar-refractivity contribution >= 4 is 40.7 Å². The fourth-order valence-corrected chi connectivity index (χ4v) is 2.49. The van der Waals surface area contributed by atoms with E-state index in [1.807, 2.05) is 0 Å². The van der Waals surface area contributed by atoms with Gasteiger partial charge < -0.3 is 10.6 Å². The first-order valence-corrected chi connectivity index (χ1v) is 8.77. The molecule has 1 aromatic heterocycles. The zero-order chi connectivity index (χ0) is 18.2. The summed E-state index contributed by atoms with van der Waals surface area (Å²) in [5.41, 5.74) is 0.910. The summed E-state index contributed by atoms with van der Waals surface area (Å²) < 4.78 is 0. The number of anilines is 1. The molecule has 0 aliphatic rings. The highest BCUT2D eigenvalue weighted by molar-refractivity contribution is 6.35. The minimum absolute atomic E-state index is 0.196. The maximum absolute atomic E-state index is 12.4. The molecule has 5 nitrogen and oxygen atoms in total. The molecular weight excluding hydrogens is 361 g/mol. The van der Waals surface area contributed by atoms with Gasteiger partial charge in [-0.15, -0.1) is 0 Å². The van der Waals surface area contributed by atoms with E-state index in [0.717, 1.165) is 19.3 Å². The van der Waals surface area contributed by atoms with Gasteiger partial charge >= 0.3 is 0 Å². The Kier molecular flexibility index (Phi) is 7.22. The van der Waals surface area contributed by atoms with E-state index in [4.69, 9.17) is 23.2 Å². The summed E-state index contributed by atoms with van der Waals surface area (Å²) in [4.78, 5) is 28.5. The van der Waals surface area contributed by atoms with Crippen molar-refractivity contribution in [1.29, 1.82) is 0 Å². The molecule has 0 aliphatic heterocycles. The maximum atomic E-state index is 12.4. The second kappa shape index (κ2) is 9.39. The van der Waals surface area contributed by atoms with Crippen LogP contribution in [-0.4, -0.2) is 23.3 Å². The first-order valence-electron chi connectivity index (χ1n) is 8.02. The van der Waals surface area contributed by atoms with Gasteiger partial charge in [0.1, 0.15) is 5.69 Å². The SMILES string of the molecule is CCCCCNC(=O)c1cc(C(=O)Nc2cc(Cl)ccc2Cl)ccn1. The van der Waals surface area contributed by atoms with Crippen LogP contribution in [0.1, 0.15) is 47.0 Å². The summed E-state index contributed by atoms with van der Waals surface area (Å²) in [6.07, 6.45) is 4.47. The van der Waals surface area contributed by atoms with Gasteiger partial charge in [-0.05, 0) is 36.8 Å². The van der Waals surface area contributed by atoms with Crippen molar-refractivity contribution < 1.29 is 9.59 Å². The fraction of sp³-hybridized carbons (Fsp3) is 0.278. The van der Waals surface area contributed by atoms with Gasteiger partial charge in [0.05, 0.1) is 10.7 Å². The zero-order valence-electron chi connectivity index (χ0n) is 13.8. The minimum Gasteiger partial charge on any atom is -0.351 e. The summed E-state index contributed by atoms with van der Waals surface area (Å²) in [6.45, 7) is 2.68. The molecule has 0 saturated heterocycles. The van der Waals surface area contributed by atoms with E-state index >= 15 is 0 Å². The van der Waals surface area contributed by atoms with E-state index in [2.05, 4.69) is 22.5 Å². The van der Waals surface area contributed by atoms with Gasteiger partial charge in [0, 0.05) is 23.3 Å². The summed E-state index contributed by atoms with van der Waals surface area (Å²) in [6, 6.07) is 7.77. The number of carbonyl (C=O) groups is 2. The highest BCUT2D eigenvalue weighted by Crippen LogP contribution is 2.25. The van der Waals surface area contributed by atoms with E-state index in [0.29, 0.717) is 27.8 Å². The Morgan fingerprint density at radius 3 is 2.64 bits per heavy atom. The molecule has 2 aromatic rings. The summed E-state index contributed by atoms with van der Waals surface area (Å²) in [5.74, 6) is -0.696. The number of nitrogens with one attached hydrogen (secondary N) is 2. The Morgan fingerprint density at radius 1 is 1.08 bits per heavy atom. The van der Waals surface area contributed by atoms with Gasteiger partial charge in [0.2, 0.25) is 0 Å². The number of aromatic nitrogens is 1. The highest BCUT2D eigenvalue weighted by atomic mass is 35.5. The van der Waals surface area contributed by atoms with Crippen LogP contribution in [0.3, 0.4) is 0 Å². The lowest BCUT2D eigenvalue weighted by molar-refractivity contribution is 0.0948. The molecule has 132 valence electrons. The van der Waals surface area contributed by atoms with Crippen LogP contribution in [0.25, 0.3) is 0 Å². The van der Waals surface area contributed by atoms with E-state index in [1.165, 1.54) is 18.3 Å². The molecule has 0 bridgehead atoms. The lowest BCUT2D eigenvalue weighted by Gasteiger charge is -2.09. The van der Waals surface area contributed by atoms with E-state index in [9.17, 15) is 9.59 Å². The van der Waals surface area contributed by atoms with Crippen molar-refractivity contribution in [2.24, 2.45) is 0 Å².